The quantitative estimate of drug-likeness (QED) is 0.552. The fraction of sp³-hybridized carbons (Fsp3) is 0.611. The fourth-order valence-electron chi connectivity index (χ4n) is 3.10. The van der Waals surface area contributed by atoms with Gasteiger partial charge in [-0.1, -0.05) is 39.0 Å². The summed E-state index contributed by atoms with van der Waals surface area (Å²) in [5.41, 5.74) is 0.104. The number of nitrogens with zero attached hydrogens (tertiary/aromatic N) is 1. The maximum absolute atomic E-state index is 12.1. The molecule has 0 unspecified atom stereocenters. The Hall–Kier alpha value is -2.11. The monoisotopic (exact) mass is 334 g/mol. The van der Waals surface area contributed by atoms with Crippen LogP contribution in [0.3, 0.4) is 0 Å². The highest BCUT2D eigenvalue weighted by atomic mass is 16.6. The molecule has 1 aromatic rings. The number of nitrogens with one attached hydrogen (secondary N) is 1. The van der Waals surface area contributed by atoms with Crippen molar-refractivity contribution < 1.29 is 14.5 Å². The molecule has 1 aromatic carbocycles. The number of carbonyl (C=O) groups is 1. The SMILES string of the molecule is CCCOc1ccc(NC(=O)CCC2CCCCC2)c([N+](=O)[O-])c1. The summed E-state index contributed by atoms with van der Waals surface area (Å²) in [6.45, 7) is 2.47. The van der Waals surface area contributed by atoms with Crippen molar-refractivity contribution in [3.63, 3.8) is 0 Å². The van der Waals surface area contributed by atoms with Crippen LogP contribution in [0, 0.1) is 16.0 Å². The minimum atomic E-state index is -0.491. The molecule has 1 aliphatic rings. The van der Waals surface area contributed by atoms with Gasteiger partial charge in [-0.2, -0.15) is 0 Å². The topological polar surface area (TPSA) is 81.5 Å². The first-order chi connectivity index (χ1) is 11.6. The second-order valence-corrected chi connectivity index (χ2v) is 6.38. The van der Waals surface area contributed by atoms with Crippen molar-refractivity contribution in [2.45, 2.75) is 58.3 Å². The Labute approximate surface area is 142 Å². The van der Waals surface area contributed by atoms with Crippen molar-refractivity contribution in [3.05, 3.63) is 28.3 Å². The smallest absolute Gasteiger partial charge is 0.296 e. The lowest BCUT2D eigenvalue weighted by molar-refractivity contribution is -0.384. The van der Waals surface area contributed by atoms with Gasteiger partial charge in [0.05, 0.1) is 17.6 Å². The molecule has 1 amide bonds. The summed E-state index contributed by atoms with van der Waals surface area (Å²) in [6.07, 6.45) is 8.27. The zero-order chi connectivity index (χ0) is 17.4. The van der Waals surface area contributed by atoms with E-state index in [2.05, 4.69) is 5.32 Å². The Morgan fingerprint density at radius 2 is 2.08 bits per heavy atom. The van der Waals surface area contributed by atoms with Crippen molar-refractivity contribution in [2.24, 2.45) is 5.92 Å². The van der Waals surface area contributed by atoms with E-state index in [1.54, 1.807) is 12.1 Å². The van der Waals surface area contributed by atoms with Gasteiger partial charge in [-0.3, -0.25) is 14.9 Å². The normalized spacial score (nSPS) is 15.0. The first-order valence-corrected chi connectivity index (χ1v) is 8.81. The predicted molar refractivity (Wildman–Crippen MR) is 93.3 cm³/mol. The highest BCUT2D eigenvalue weighted by Crippen LogP contribution is 2.30. The number of benzene rings is 1. The van der Waals surface area contributed by atoms with Crippen LogP contribution in [-0.2, 0) is 4.79 Å². The third kappa shape index (κ3) is 5.51. The van der Waals surface area contributed by atoms with Crippen LogP contribution in [0.4, 0.5) is 11.4 Å². The molecule has 6 nitrogen and oxygen atoms in total. The van der Waals surface area contributed by atoms with Crippen LogP contribution in [0.25, 0.3) is 0 Å². The van der Waals surface area contributed by atoms with Crippen LogP contribution in [0.1, 0.15) is 58.3 Å². The molecule has 0 atom stereocenters. The summed E-state index contributed by atoms with van der Waals surface area (Å²) in [4.78, 5) is 22.9. The molecule has 24 heavy (non-hydrogen) atoms. The third-order valence-electron chi connectivity index (χ3n) is 4.42. The molecule has 1 saturated carbocycles. The molecule has 0 saturated heterocycles. The summed E-state index contributed by atoms with van der Waals surface area (Å²) in [6, 6.07) is 4.56. The van der Waals surface area contributed by atoms with E-state index in [1.165, 1.54) is 38.2 Å². The first-order valence-electron chi connectivity index (χ1n) is 8.81. The second kappa shape index (κ2) is 9.25. The van der Waals surface area contributed by atoms with Crippen molar-refractivity contribution in [2.75, 3.05) is 11.9 Å². The summed E-state index contributed by atoms with van der Waals surface area (Å²) in [7, 11) is 0. The van der Waals surface area contributed by atoms with Gasteiger partial charge < -0.3 is 10.1 Å². The van der Waals surface area contributed by atoms with Gasteiger partial charge in [0.25, 0.3) is 5.69 Å². The highest BCUT2D eigenvalue weighted by molar-refractivity contribution is 5.93. The number of carbonyl (C=O) groups excluding carboxylic acids is 1. The molecule has 0 spiro atoms. The fourth-order valence-corrected chi connectivity index (χ4v) is 3.10. The van der Waals surface area contributed by atoms with E-state index in [0.29, 0.717) is 24.7 Å². The lowest BCUT2D eigenvalue weighted by atomic mass is 9.86. The molecule has 2 rings (SSSR count). The van der Waals surface area contributed by atoms with E-state index in [4.69, 9.17) is 4.74 Å². The van der Waals surface area contributed by atoms with Crippen LogP contribution in [0.5, 0.6) is 5.75 Å². The zero-order valence-electron chi connectivity index (χ0n) is 14.3. The number of rotatable bonds is 8. The Bertz CT molecular complexity index is 568. The standard InChI is InChI=1S/C18H26N2O4/c1-2-12-24-15-9-10-16(17(13-15)20(22)23)19-18(21)11-8-14-6-4-3-5-7-14/h9-10,13-14H,2-8,11-12H2,1H3,(H,19,21). The average Bonchev–Trinajstić information content (AvgIpc) is 2.59. The minimum Gasteiger partial charge on any atom is -0.493 e. The minimum absolute atomic E-state index is 0.130. The van der Waals surface area contributed by atoms with E-state index in [-0.39, 0.29) is 17.3 Å². The lowest BCUT2D eigenvalue weighted by Crippen LogP contribution is -2.15. The Morgan fingerprint density at radius 3 is 2.75 bits per heavy atom. The van der Waals surface area contributed by atoms with Gasteiger partial charge in [0.2, 0.25) is 5.91 Å². The van der Waals surface area contributed by atoms with E-state index >= 15 is 0 Å². The molecule has 1 aliphatic carbocycles. The van der Waals surface area contributed by atoms with Crippen LogP contribution in [0.15, 0.2) is 18.2 Å². The van der Waals surface area contributed by atoms with Gasteiger partial charge in [0.1, 0.15) is 11.4 Å². The van der Waals surface area contributed by atoms with Crippen molar-refractivity contribution in [1.29, 1.82) is 0 Å². The first kappa shape index (κ1) is 18.2. The maximum Gasteiger partial charge on any atom is 0.296 e. The summed E-state index contributed by atoms with van der Waals surface area (Å²) in [5, 5.41) is 13.9. The maximum atomic E-state index is 12.1. The molecule has 0 aliphatic heterocycles. The molecule has 0 radical (unpaired) electrons. The largest absolute Gasteiger partial charge is 0.493 e. The summed E-state index contributed by atoms with van der Waals surface area (Å²) < 4.78 is 5.42. The van der Waals surface area contributed by atoms with Crippen LogP contribution < -0.4 is 10.1 Å². The molecule has 132 valence electrons. The number of ether oxygens (including phenoxy) is 1. The second-order valence-electron chi connectivity index (χ2n) is 6.38. The highest BCUT2D eigenvalue weighted by Gasteiger charge is 2.19. The molecule has 0 heterocycles. The van der Waals surface area contributed by atoms with Gasteiger partial charge in [-0.05, 0) is 30.9 Å². The molecule has 0 bridgehead atoms. The Morgan fingerprint density at radius 1 is 1.33 bits per heavy atom. The molecule has 6 heteroatoms. The van der Waals surface area contributed by atoms with Gasteiger partial charge in [0.15, 0.2) is 0 Å². The van der Waals surface area contributed by atoms with Crippen molar-refractivity contribution in [3.8, 4) is 5.75 Å². The molecule has 1 N–H and O–H groups in total. The Kier molecular flexibility index (Phi) is 7.03. The van der Waals surface area contributed by atoms with Crippen LogP contribution >= 0.6 is 0 Å². The van der Waals surface area contributed by atoms with Crippen molar-refractivity contribution in [1.82, 2.24) is 0 Å². The van der Waals surface area contributed by atoms with E-state index in [9.17, 15) is 14.9 Å². The molecule has 0 aromatic heterocycles. The average molecular weight is 334 g/mol. The Balaban J connectivity index is 1.94. The van der Waals surface area contributed by atoms with Gasteiger partial charge >= 0.3 is 0 Å². The number of nitro benzene ring substituents is 1. The molecular formula is C18H26N2O4. The van der Waals surface area contributed by atoms with Gasteiger partial charge in [0, 0.05) is 6.42 Å². The van der Waals surface area contributed by atoms with Crippen LogP contribution in [-0.4, -0.2) is 17.4 Å². The number of amides is 1. The van der Waals surface area contributed by atoms with Crippen LogP contribution in [0.2, 0.25) is 0 Å². The van der Waals surface area contributed by atoms with E-state index in [0.717, 1.165) is 12.8 Å². The van der Waals surface area contributed by atoms with Gasteiger partial charge in [-0.15, -0.1) is 0 Å². The number of anilines is 1. The molecule has 1 fully saturated rings. The van der Waals surface area contributed by atoms with E-state index < -0.39 is 4.92 Å². The molecular weight excluding hydrogens is 308 g/mol. The number of hydrogen-bond acceptors (Lipinski definition) is 4. The van der Waals surface area contributed by atoms with Crippen molar-refractivity contribution >= 4 is 17.3 Å². The van der Waals surface area contributed by atoms with E-state index in [1.807, 2.05) is 6.92 Å². The zero-order valence-corrected chi connectivity index (χ0v) is 14.3. The lowest BCUT2D eigenvalue weighted by Gasteiger charge is -2.21. The third-order valence-corrected chi connectivity index (χ3v) is 4.42. The summed E-state index contributed by atoms with van der Waals surface area (Å²) >= 11 is 0. The van der Waals surface area contributed by atoms with Gasteiger partial charge in [-0.25, -0.2) is 0 Å². The summed E-state index contributed by atoms with van der Waals surface area (Å²) in [5.74, 6) is 0.902. The number of nitro groups is 1. The predicted octanol–water partition coefficient (Wildman–Crippen LogP) is 4.68. The number of hydrogen-bond donors (Lipinski definition) is 1.